The summed E-state index contributed by atoms with van der Waals surface area (Å²) in [7, 11) is 0. The maximum absolute atomic E-state index is 13.0. The van der Waals surface area contributed by atoms with E-state index in [1.54, 1.807) is 0 Å². The molecule has 1 atom stereocenters. The van der Waals surface area contributed by atoms with Crippen molar-refractivity contribution in [3.63, 3.8) is 0 Å². The monoisotopic (exact) mass is 1130 g/mol. The maximum Gasteiger partial charge on any atom is 0.306 e. The molecule has 0 spiro atoms. The summed E-state index contributed by atoms with van der Waals surface area (Å²) < 4.78 is 17.0. The van der Waals surface area contributed by atoms with E-state index in [2.05, 4.69) is 106 Å². The first-order valence-corrected chi connectivity index (χ1v) is 35.1. The molecule has 0 bridgehead atoms. The Bertz CT molecular complexity index is 1530. The molecule has 0 saturated heterocycles. The molecule has 0 aromatic heterocycles. The minimum Gasteiger partial charge on any atom is -0.462 e. The van der Waals surface area contributed by atoms with Gasteiger partial charge in [-0.2, -0.15) is 0 Å². The van der Waals surface area contributed by atoms with E-state index in [-0.39, 0.29) is 31.1 Å². The highest BCUT2D eigenvalue weighted by molar-refractivity contribution is 5.71. The molecule has 81 heavy (non-hydrogen) atoms. The van der Waals surface area contributed by atoms with Crippen LogP contribution in [0.3, 0.4) is 0 Å². The Balaban J connectivity index is 4.38. The number of hydrogen-bond donors (Lipinski definition) is 0. The number of unbranched alkanes of at least 4 members (excludes halogenated alkanes) is 39. The molecule has 468 valence electrons. The molecule has 0 rings (SSSR count). The maximum atomic E-state index is 13.0. The largest absolute Gasteiger partial charge is 0.462 e. The second-order valence-corrected chi connectivity index (χ2v) is 23.4. The zero-order valence-electron chi connectivity index (χ0n) is 53.8. The van der Waals surface area contributed by atoms with Crippen LogP contribution in [0.2, 0.25) is 0 Å². The average Bonchev–Trinajstić information content (AvgIpc) is 3.47. The molecule has 0 heterocycles. The summed E-state index contributed by atoms with van der Waals surface area (Å²) >= 11 is 0. The van der Waals surface area contributed by atoms with Gasteiger partial charge in [-0.25, -0.2) is 0 Å². The molecule has 0 aliphatic rings. The van der Waals surface area contributed by atoms with Gasteiger partial charge in [0.2, 0.25) is 0 Å². The van der Waals surface area contributed by atoms with E-state index >= 15 is 0 Å². The van der Waals surface area contributed by atoms with Crippen molar-refractivity contribution in [3.8, 4) is 0 Å². The molecule has 0 aliphatic heterocycles. The Kier molecular flexibility index (Phi) is 66.2. The zero-order valence-corrected chi connectivity index (χ0v) is 53.8. The van der Waals surface area contributed by atoms with Crippen LogP contribution in [0.1, 0.15) is 355 Å². The number of allylic oxidation sites excluding steroid dienone is 14. The summed E-state index contributed by atoms with van der Waals surface area (Å²) in [6.07, 6.45) is 91.6. The van der Waals surface area contributed by atoms with E-state index in [4.69, 9.17) is 14.2 Å². The van der Waals surface area contributed by atoms with Crippen molar-refractivity contribution >= 4 is 17.9 Å². The zero-order chi connectivity index (χ0) is 58.5. The molecular formula is C75H132O6. The van der Waals surface area contributed by atoms with Crippen LogP contribution in [0.4, 0.5) is 0 Å². The number of hydrogen-bond acceptors (Lipinski definition) is 6. The van der Waals surface area contributed by atoms with E-state index in [0.717, 1.165) is 96.3 Å². The van der Waals surface area contributed by atoms with E-state index < -0.39 is 6.10 Å². The van der Waals surface area contributed by atoms with Gasteiger partial charge in [-0.3, -0.25) is 14.4 Å². The highest BCUT2D eigenvalue weighted by atomic mass is 16.6. The van der Waals surface area contributed by atoms with Crippen LogP contribution >= 0.6 is 0 Å². The Morgan fingerprint density at radius 3 is 0.716 bits per heavy atom. The first-order valence-electron chi connectivity index (χ1n) is 35.1. The molecule has 0 fully saturated rings. The van der Waals surface area contributed by atoms with Gasteiger partial charge in [0.1, 0.15) is 13.2 Å². The van der Waals surface area contributed by atoms with Gasteiger partial charge in [-0.1, -0.05) is 298 Å². The van der Waals surface area contributed by atoms with Gasteiger partial charge in [0.05, 0.1) is 0 Å². The minimum atomic E-state index is -0.787. The van der Waals surface area contributed by atoms with Crippen molar-refractivity contribution in [2.75, 3.05) is 13.2 Å². The fourth-order valence-corrected chi connectivity index (χ4v) is 10.0. The third kappa shape index (κ3) is 67.3. The van der Waals surface area contributed by atoms with Crippen molar-refractivity contribution in [2.45, 2.75) is 361 Å². The Morgan fingerprint density at radius 1 is 0.247 bits per heavy atom. The lowest BCUT2D eigenvalue weighted by Gasteiger charge is -2.18. The normalized spacial score (nSPS) is 12.6. The smallest absolute Gasteiger partial charge is 0.306 e. The lowest BCUT2D eigenvalue weighted by Crippen LogP contribution is -2.30. The molecule has 0 aromatic carbocycles. The first kappa shape index (κ1) is 77.6. The lowest BCUT2D eigenvalue weighted by molar-refractivity contribution is -0.167. The van der Waals surface area contributed by atoms with Crippen molar-refractivity contribution in [1.29, 1.82) is 0 Å². The van der Waals surface area contributed by atoms with Crippen LogP contribution in [-0.4, -0.2) is 37.2 Å². The van der Waals surface area contributed by atoms with E-state index in [1.807, 2.05) is 0 Å². The summed E-state index contributed by atoms with van der Waals surface area (Å²) in [5.41, 5.74) is 0. The van der Waals surface area contributed by atoms with Gasteiger partial charge in [-0.15, -0.1) is 0 Å². The van der Waals surface area contributed by atoms with Crippen molar-refractivity contribution in [3.05, 3.63) is 85.1 Å². The van der Waals surface area contributed by atoms with Gasteiger partial charge in [-0.05, 0) is 122 Å². The number of rotatable bonds is 64. The molecular weight excluding hydrogens is 997 g/mol. The summed E-state index contributed by atoms with van der Waals surface area (Å²) in [5.74, 6) is -0.882. The molecule has 1 unspecified atom stereocenters. The molecule has 0 N–H and O–H groups in total. The van der Waals surface area contributed by atoms with E-state index in [0.29, 0.717) is 19.3 Å². The Morgan fingerprint density at radius 2 is 0.444 bits per heavy atom. The van der Waals surface area contributed by atoms with E-state index in [9.17, 15) is 14.4 Å². The highest BCUT2D eigenvalue weighted by Crippen LogP contribution is 2.17. The number of carbonyl (C=O) groups excluding carboxylic acids is 3. The van der Waals surface area contributed by atoms with Gasteiger partial charge in [0.25, 0.3) is 0 Å². The summed E-state index contributed by atoms with van der Waals surface area (Å²) in [4.78, 5) is 38.5. The van der Waals surface area contributed by atoms with Crippen LogP contribution in [0.15, 0.2) is 85.1 Å². The fourth-order valence-electron chi connectivity index (χ4n) is 10.0. The summed E-state index contributed by atoms with van der Waals surface area (Å²) in [5, 5.41) is 0. The summed E-state index contributed by atoms with van der Waals surface area (Å²) in [6, 6.07) is 0. The predicted octanol–water partition coefficient (Wildman–Crippen LogP) is 24.2. The lowest BCUT2D eigenvalue weighted by atomic mass is 10.0. The Hall–Kier alpha value is -3.41. The third-order valence-corrected chi connectivity index (χ3v) is 15.3. The molecule has 0 saturated carbocycles. The molecule has 0 amide bonds. The first-order chi connectivity index (χ1) is 40.0. The number of esters is 3. The quantitative estimate of drug-likeness (QED) is 0.0261. The highest BCUT2D eigenvalue weighted by Gasteiger charge is 2.19. The molecule has 0 aromatic rings. The van der Waals surface area contributed by atoms with Gasteiger partial charge < -0.3 is 14.2 Å². The SMILES string of the molecule is CCCCC/C=C\C/C=C\CCCCCCCCCC(=O)OCC(COC(=O)CCCCCCCCCC/C=C\C/C=C\C/C=C\CCCCCCC)OC(=O)CCCCCCCCCCCCC/C=C\C/C=C\CCCCCCC. The van der Waals surface area contributed by atoms with E-state index in [1.165, 1.54) is 218 Å². The van der Waals surface area contributed by atoms with Crippen LogP contribution < -0.4 is 0 Å². The van der Waals surface area contributed by atoms with Crippen molar-refractivity contribution in [2.24, 2.45) is 0 Å². The van der Waals surface area contributed by atoms with Crippen LogP contribution in [0.5, 0.6) is 0 Å². The second-order valence-electron chi connectivity index (χ2n) is 23.4. The van der Waals surface area contributed by atoms with Crippen molar-refractivity contribution < 1.29 is 28.6 Å². The standard InChI is InChI=1S/C75H132O6/c1-4-7-10-13-16-19-22-25-28-31-33-35-37-39-41-44-47-50-53-56-59-62-65-68-74(77)80-71-72(70-79-73(76)67-64-61-58-55-52-49-46-43-30-27-24-21-18-15-12-9-6-3)81-75(78)69-66-63-60-57-54-51-48-45-42-40-38-36-34-32-29-26-23-20-17-14-11-8-5-2/h18,21-23,25-27,30-34,37,39,72H,4-17,19-20,24,28-29,35-36,38,40-71H2,1-3H3/b21-18-,25-22-,26-23-,30-27-,33-31-,34-32-,39-37-. The summed E-state index contributed by atoms with van der Waals surface area (Å²) in [6.45, 7) is 6.62. The van der Waals surface area contributed by atoms with Gasteiger partial charge in [0, 0.05) is 19.3 Å². The molecule has 6 nitrogen and oxygen atoms in total. The van der Waals surface area contributed by atoms with Crippen molar-refractivity contribution in [1.82, 2.24) is 0 Å². The van der Waals surface area contributed by atoms with Gasteiger partial charge in [0.15, 0.2) is 6.10 Å². The topological polar surface area (TPSA) is 78.9 Å². The molecule has 0 aliphatic carbocycles. The van der Waals surface area contributed by atoms with Crippen LogP contribution in [0, 0.1) is 0 Å². The number of ether oxygens (including phenoxy) is 3. The minimum absolute atomic E-state index is 0.0824. The van der Waals surface area contributed by atoms with Gasteiger partial charge >= 0.3 is 17.9 Å². The number of carbonyl (C=O) groups is 3. The van der Waals surface area contributed by atoms with Crippen LogP contribution in [-0.2, 0) is 28.6 Å². The third-order valence-electron chi connectivity index (χ3n) is 15.3. The van der Waals surface area contributed by atoms with Crippen LogP contribution in [0.25, 0.3) is 0 Å². The average molecular weight is 1130 g/mol. The molecule has 6 heteroatoms. The fraction of sp³-hybridized carbons (Fsp3) is 0.773. The second kappa shape index (κ2) is 69.1. The Labute approximate surface area is 503 Å². The molecule has 0 radical (unpaired) electrons. The predicted molar refractivity (Wildman–Crippen MR) is 353 cm³/mol.